The van der Waals surface area contributed by atoms with Gasteiger partial charge in [-0.15, -0.1) is 0 Å². The van der Waals surface area contributed by atoms with E-state index in [1.165, 1.54) is 0 Å². The van der Waals surface area contributed by atoms with Crippen LogP contribution in [0, 0.1) is 6.92 Å². The molecule has 8 nitrogen and oxygen atoms in total. The van der Waals surface area contributed by atoms with Crippen molar-refractivity contribution in [1.29, 1.82) is 0 Å². The lowest BCUT2D eigenvalue weighted by atomic mass is 10.2. The molecule has 0 radical (unpaired) electrons. The summed E-state index contributed by atoms with van der Waals surface area (Å²) in [4.78, 5) is 21.0. The highest BCUT2D eigenvalue weighted by Crippen LogP contribution is 2.37. The van der Waals surface area contributed by atoms with Crippen LogP contribution in [-0.4, -0.2) is 33.8 Å². The Labute approximate surface area is 166 Å². The molecule has 1 aliphatic heterocycles. The molecule has 4 rings (SSSR count). The summed E-state index contributed by atoms with van der Waals surface area (Å²) in [6.07, 6.45) is 5.24. The van der Waals surface area contributed by atoms with E-state index in [1.807, 2.05) is 29.8 Å². The lowest BCUT2D eigenvalue weighted by molar-refractivity contribution is 0.171. The Hall–Kier alpha value is -3.26. The Morgan fingerprint density at radius 2 is 2.00 bits per heavy atom. The Morgan fingerprint density at radius 3 is 2.75 bits per heavy atom. The highest BCUT2D eigenvalue weighted by molar-refractivity contribution is 6.34. The largest absolute Gasteiger partial charge is 0.486 e. The zero-order chi connectivity index (χ0) is 19.5. The molecule has 2 N–H and O–H groups in total. The molecule has 0 unspecified atom stereocenters. The van der Waals surface area contributed by atoms with E-state index in [0.717, 1.165) is 17.2 Å². The van der Waals surface area contributed by atoms with Gasteiger partial charge in [0.1, 0.15) is 24.9 Å². The molecule has 144 valence electrons. The van der Waals surface area contributed by atoms with Crippen molar-refractivity contribution < 1.29 is 14.3 Å². The first-order valence-electron chi connectivity index (χ1n) is 8.70. The summed E-state index contributed by atoms with van der Waals surface area (Å²) in [7, 11) is 0. The van der Waals surface area contributed by atoms with Gasteiger partial charge in [-0.25, -0.2) is 14.8 Å². The topological polar surface area (TPSA) is 90.3 Å². The van der Waals surface area contributed by atoms with Gasteiger partial charge in [-0.1, -0.05) is 17.7 Å². The molecule has 1 aromatic carbocycles. The monoisotopic (exact) mass is 399 g/mol. The van der Waals surface area contributed by atoms with E-state index >= 15 is 0 Å². The number of hydrogen-bond acceptors (Lipinski definition) is 5. The highest BCUT2D eigenvalue weighted by Gasteiger charge is 2.16. The number of hydrogen-bond donors (Lipinski definition) is 2. The quantitative estimate of drug-likeness (QED) is 0.702. The number of urea groups is 1. The van der Waals surface area contributed by atoms with Crippen LogP contribution in [0.4, 0.5) is 10.5 Å². The number of anilines is 1. The number of rotatable bonds is 4. The number of nitrogens with zero attached hydrogens (tertiary/aromatic N) is 3. The third-order valence-corrected chi connectivity index (χ3v) is 4.55. The van der Waals surface area contributed by atoms with Crippen molar-refractivity contribution in [3.05, 3.63) is 59.3 Å². The first kappa shape index (κ1) is 18.1. The first-order valence-corrected chi connectivity index (χ1v) is 9.08. The Bertz CT molecular complexity index is 1020. The van der Waals surface area contributed by atoms with Gasteiger partial charge < -0.3 is 20.1 Å². The first-order chi connectivity index (χ1) is 13.6. The molecule has 0 bridgehead atoms. The summed E-state index contributed by atoms with van der Waals surface area (Å²) in [5.74, 6) is 2.65. The Kier molecular flexibility index (Phi) is 5.03. The van der Waals surface area contributed by atoms with E-state index < -0.39 is 6.03 Å². The van der Waals surface area contributed by atoms with Gasteiger partial charge in [0.15, 0.2) is 11.5 Å². The van der Waals surface area contributed by atoms with Crippen molar-refractivity contribution in [3.63, 3.8) is 0 Å². The van der Waals surface area contributed by atoms with Gasteiger partial charge in [0.25, 0.3) is 0 Å². The summed E-state index contributed by atoms with van der Waals surface area (Å²) >= 11 is 6.23. The lowest BCUT2D eigenvalue weighted by Crippen LogP contribution is -2.29. The molecular formula is C19H18ClN5O3. The van der Waals surface area contributed by atoms with Crippen LogP contribution in [0.3, 0.4) is 0 Å². The predicted molar refractivity (Wildman–Crippen MR) is 104 cm³/mol. The number of ether oxygens (including phenoxy) is 2. The van der Waals surface area contributed by atoms with Crippen molar-refractivity contribution >= 4 is 23.3 Å². The SMILES string of the molecule is Cc1nccn1-c1ncccc1CNC(=O)Nc1cc2c(cc1Cl)OCCO2. The molecule has 2 amide bonds. The molecular weight excluding hydrogens is 382 g/mol. The maximum atomic E-state index is 12.4. The minimum atomic E-state index is -0.393. The molecule has 0 spiro atoms. The summed E-state index contributed by atoms with van der Waals surface area (Å²) in [6.45, 7) is 3.11. The van der Waals surface area contributed by atoms with E-state index in [1.54, 1.807) is 24.5 Å². The molecule has 0 atom stereocenters. The summed E-state index contributed by atoms with van der Waals surface area (Å²) in [5, 5.41) is 5.93. The molecule has 9 heteroatoms. The van der Waals surface area contributed by atoms with Crippen LogP contribution >= 0.6 is 11.6 Å². The summed E-state index contributed by atoms with van der Waals surface area (Å²) < 4.78 is 12.9. The lowest BCUT2D eigenvalue weighted by Gasteiger charge is -2.20. The Morgan fingerprint density at radius 1 is 1.21 bits per heavy atom. The normalized spacial score (nSPS) is 12.5. The number of aryl methyl sites for hydroxylation is 1. The molecule has 0 saturated heterocycles. The molecule has 1 aliphatic rings. The van der Waals surface area contributed by atoms with Crippen molar-refractivity contribution in [1.82, 2.24) is 19.9 Å². The van der Waals surface area contributed by atoms with Gasteiger partial charge in [0, 0.05) is 42.8 Å². The number of amides is 2. The van der Waals surface area contributed by atoms with Crippen molar-refractivity contribution in [2.45, 2.75) is 13.5 Å². The number of carbonyl (C=O) groups excluding carboxylic acids is 1. The van der Waals surface area contributed by atoms with Crippen LogP contribution in [0.5, 0.6) is 11.5 Å². The van der Waals surface area contributed by atoms with Crippen molar-refractivity contribution in [3.8, 4) is 17.3 Å². The fraction of sp³-hybridized carbons (Fsp3) is 0.211. The van der Waals surface area contributed by atoms with Crippen LogP contribution in [-0.2, 0) is 6.54 Å². The predicted octanol–water partition coefficient (Wildman–Crippen LogP) is 3.32. The van der Waals surface area contributed by atoms with Crippen LogP contribution in [0.25, 0.3) is 5.82 Å². The standard InChI is InChI=1S/C19H18ClN5O3/c1-12-21-5-6-25(12)18-13(3-2-4-22-18)11-23-19(26)24-15-10-17-16(9-14(15)20)27-7-8-28-17/h2-6,9-10H,7-8,11H2,1H3,(H2,23,24,26). The number of imidazole rings is 1. The van der Waals surface area contributed by atoms with Crippen LogP contribution < -0.4 is 20.1 Å². The van der Waals surface area contributed by atoms with Gasteiger partial charge in [-0.05, 0) is 13.0 Å². The van der Waals surface area contributed by atoms with Crippen LogP contribution in [0.1, 0.15) is 11.4 Å². The van der Waals surface area contributed by atoms with Gasteiger partial charge >= 0.3 is 6.03 Å². The van der Waals surface area contributed by atoms with Crippen molar-refractivity contribution in [2.75, 3.05) is 18.5 Å². The van der Waals surface area contributed by atoms with E-state index in [0.29, 0.717) is 35.4 Å². The number of fused-ring (bicyclic) bond motifs is 1. The maximum Gasteiger partial charge on any atom is 0.319 e. The zero-order valence-electron chi connectivity index (χ0n) is 15.1. The fourth-order valence-corrected chi connectivity index (χ4v) is 3.09. The molecule has 0 saturated carbocycles. The second-order valence-electron chi connectivity index (χ2n) is 6.11. The van der Waals surface area contributed by atoms with Crippen LogP contribution in [0.15, 0.2) is 42.9 Å². The number of aromatic nitrogens is 3. The smallest absolute Gasteiger partial charge is 0.319 e. The molecule has 0 aliphatic carbocycles. The average molecular weight is 400 g/mol. The van der Waals surface area contributed by atoms with E-state index in [-0.39, 0.29) is 6.54 Å². The average Bonchev–Trinajstić information content (AvgIpc) is 3.13. The second kappa shape index (κ2) is 7.77. The van der Waals surface area contributed by atoms with E-state index in [9.17, 15) is 4.79 Å². The van der Waals surface area contributed by atoms with Crippen molar-refractivity contribution in [2.24, 2.45) is 0 Å². The van der Waals surface area contributed by atoms with E-state index in [4.69, 9.17) is 21.1 Å². The third kappa shape index (κ3) is 3.72. The minimum Gasteiger partial charge on any atom is -0.486 e. The molecule has 28 heavy (non-hydrogen) atoms. The number of pyridine rings is 1. The van der Waals surface area contributed by atoms with E-state index in [2.05, 4.69) is 20.6 Å². The summed E-state index contributed by atoms with van der Waals surface area (Å²) in [6, 6.07) is 6.62. The third-order valence-electron chi connectivity index (χ3n) is 4.24. The van der Waals surface area contributed by atoms with Gasteiger partial charge in [0.2, 0.25) is 0 Å². The number of halogens is 1. The maximum absolute atomic E-state index is 12.4. The molecule has 3 aromatic rings. The number of carbonyl (C=O) groups is 1. The van der Waals surface area contributed by atoms with Gasteiger partial charge in [-0.2, -0.15) is 0 Å². The molecule has 2 aromatic heterocycles. The second-order valence-corrected chi connectivity index (χ2v) is 6.52. The zero-order valence-corrected chi connectivity index (χ0v) is 15.9. The number of nitrogens with one attached hydrogen (secondary N) is 2. The fourth-order valence-electron chi connectivity index (χ4n) is 2.89. The highest BCUT2D eigenvalue weighted by atomic mass is 35.5. The minimum absolute atomic E-state index is 0.287. The Balaban J connectivity index is 1.46. The summed E-state index contributed by atoms with van der Waals surface area (Å²) in [5.41, 5.74) is 1.30. The molecule has 3 heterocycles. The van der Waals surface area contributed by atoms with Crippen LogP contribution in [0.2, 0.25) is 5.02 Å². The van der Waals surface area contributed by atoms with Gasteiger partial charge in [0.05, 0.1) is 10.7 Å². The number of benzene rings is 1. The molecule has 0 fully saturated rings. The van der Waals surface area contributed by atoms with Gasteiger partial charge in [-0.3, -0.25) is 4.57 Å².